The van der Waals surface area contributed by atoms with E-state index < -0.39 is 5.54 Å². The standard InChI is InChI=1S/C13H16BrFN2OS/c1-3-13(17-12(16)19-2)4-5-18-11-7-10(15)9(14)6-8(11)13/h6-7H,3-5H2,1-2H3,(H2,16,17). The summed E-state index contributed by atoms with van der Waals surface area (Å²) in [5.41, 5.74) is 6.35. The Labute approximate surface area is 124 Å². The fraction of sp³-hybridized carbons (Fsp3) is 0.462. The first-order valence-electron chi connectivity index (χ1n) is 6.04. The lowest BCUT2D eigenvalue weighted by molar-refractivity contribution is 0.213. The first-order valence-corrected chi connectivity index (χ1v) is 8.06. The molecule has 1 aromatic rings. The summed E-state index contributed by atoms with van der Waals surface area (Å²) in [5.74, 6) is 0.235. The summed E-state index contributed by atoms with van der Waals surface area (Å²) in [7, 11) is 0. The number of nitrogens with two attached hydrogens (primary N) is 1. The van der Waals surface area contributed by atoms with Gasteiger partial charge in [0.15, 0.2) is 5.17 Å². The van der Waals surface area contributed by atoms with Gasteiger partial charge in [0.2, 0.25) is 0 Å². The monoisotopic (exact) mass is 346 g/mol. The van der Waals surface area contributed by atoms with Crippen molar-refractivity contribution in [3.8, 4) is 5.75 Å². The third-order valence-electron chi connectivity index (χ3n) is 3.42. The predicted molar refractivity (Wildman–Crippen MR) is 81.3 cm³/mol. The molecule has 0 spiro atoms. The van der Waals surface area contributed by atoms with Crippen LogP contribution < -0.4 is 10.5 Å². The van der Waals surface area contributed by atoms with Gasteiger partial charge in [-0.3, -0.25) is 4.99 Å². The van der Waals surface area contributed by atoms with Crippen molar-refractivity contribution in [1.29, 1.82) is 0 Å². The van der Waals surface area contributed by atoms with Crippen molar-refractivity contribution < 1.29 is 9.13 Å². The second-order valence-electron chi connectivity index (χ2n) is 4.40. The Morgan fingerprint density at radius 3 is 3.00 bits per heavy atom. The van der Waals surface area contributed by atoms with Crippen LogP contribution in [0.4, 0.5) is 4.39 Å². The molecule has 2 N–H and O–H groups in total. The van der Waals surface area contributed by atoms with Crippen molar-refractivity contribution in [3.63, 3.8) is 0 Å². The molecular formula is C13H16BrFN2OS. The summed E-state index contributed by atoms with van der Waals surface area (Å²) in [6.07, 6.45) is 3.43. The Morgan fingerprint density at radius 2 is 2.37 bits per heavy atom. The molecule has 0 saturated carbocycles. The van der Waals surface area contributed by atoms with Crippen molar-refractivity contribution in [1.82, 2.24) is 0 Å². The highest BCUT2D eigenvalue weighted by Gasteiger charge is 2.37. The van der Waals surface area contributed by atoms with Gasteiger partial charge in [-0.2, -0.15) is 0 Å². The second-order valence-corrected chi connectivity index (χ2v) is 6.08. The van der Waals surface area contributed by atoms with Crippen molar-refractivity contribution in [2.24, 2.45) is 10.7 Å². The average molecular weight is 347 g/mol. The minimum absolute atomic E-state index is 0.326. The largest absolute Gasteiger partial charge is 0.493 e. The molecule has 1 aliphatic rings. The summed E-state index contributed by atoms with van der Waals surface area (Å²) in [6.45, 7) is 2.58. The number of thioether (sulfide) groups is 1. The number of halogens is 2. The first-order chi connectivity index (χ1) is 9.02. The third-order valence-corrected chi connectivity index (χ3v) is 4.53. The Balaban J connectivity index is 2.59. The van der Waals surface area contributed by atoms with E-state index in [0.717, 1.165) is 18.4 Å². The molecule has 1 unspecified atom stereocenters. The van der Waals surface area contributed by atoms with E-state index in [2.05, 4.69) is 27.8 Å². The van der Waals surface area contributed by atoms with E-state index >= 15 is 0 Å². The van der Waals surface area contributed by atoms with E-state index in [-0.39, 0.29) is 5.82 Å². The molecule has 6 heteroatoms. The van der Waals surface area contributed by atoms with Crippen LogP contribution in [0.25, 0.3) is 0 Å². The highest BCUT2D eigenvalue weighted by atomic mass is 79.9. The van der Waals surface area contributed by atoms with Gasteiger partial charge in [0.05, 0.1) is 16.6 Å². The highest BCUT2D eigenvalue weighted by Crippen LogP contribution is 2.44. The van der Waals surface area contributed by atoms with Gasteiger partial charge in [-0.05, 0) is 34.7 Å². The Hall–Kier alpha value is -0.750. The predicted octanol–water partition coefficient (Wildman–Crippen LogP) is 3.65. The van der Waals surface area contributed by atoms with Crippen LogP contribution in [0, 0.1) is 5.82 Å². The maximum Gasteiger partial charge on any atom is 0.154 e. The molecule has 1 heterocycles. The van der Waals surface area contributed by atoms with Gasteiger partial charge >= 0.3 is 0 Å². The van der Waals surface area contributed by atoms with Crippen LogP contribution in [0.5, 0.6) is 5.75 Å². The van der Waals surface area contributed by atoms with Crippen LogP contribution in [-0.2, 0) is 5.54 Å². The molecule has 2 rings (SSSR count). The lowest BCUT2D eigenvalue weighted by Gasteiger charge is -2.35. The van der Waals surface area contributed by atoms with Crippen LogP contribution in [0.3, 0.4) is 0 Å². The van der Waals surface area contributed by atoms with Crippen LogP contribution in [0.15, 0.2) is 21.6 Å². The molecule has 0 saturated heterocycles. The van der Waals surface area contributed by atoms with Gasteiger partial charge in [0, 0.05) is 18.1 Å². The SMILES string of the molecule is CCC1(N=C(N)SC)CCOc2cc(F)c(Br)cc21. The molecule has 0 fully saturated rings. The van der Waals surface area contributed by atoms with Crippen molar-refractivity contribution >= 4 is 32.9 Å². The number of fused-ring (bicyclic) bond motifs is 1. The van der Waals surface area contributed by atoms with Crippen LogP contribution in [-0.4, -0.2) is 18.0 Å². The zero-order valence-corrected chi connectivity index (χ0v) is 13.3. The van der Waals surface area contributed by atoms with Crippen LogP contribution in [0.2, 0.25) is 0 Å². The van der Waals surface area contributed by atoms with E-state index in [4.69, 9.17) is 10.5 Å². The number of ether oxygens (including phenoxy) is 1. The summed E-state index contributed by atoms with van der Waals surface area (Å²) < 4.78 is 19.6. The molecule has 0 aromatic heterocycles. The van der Waals surface area contributed by atoms with Gasteiger partial charge in [0.25, 0.3) is 0 Å². The Morgan fingerprint density at radius 1 is 1.63 bits per heavy atom. The maximum atomic E-state index is 13.6. The summed E-state index contributed by atoms with van der Waals surface area (Å²) >= 11 is 4.64. The van der Waals surface area contributed by atoms with E-state index in [1.165, 1.54) is 17.8 Å². The van der Waals surface area contributed by atoms with Crippen molar-refractivity contribution in [3.05, 3.63) is 28.0 Å². The summed E-state index contributed by atoms with van der Waals surface area (Å²) in [6, 6.07) is 3.16. The molecular weight excluding hydrogens is 331 g/mol. The van der Waals surface area contributed by atoms with E-state index in [1.54, 1.807) is 6.07 Å². The van der Waals surface area contributed by atoms with E-state index in [1.807, 2.05) is 6.26 Å². The zero-order valence-electron chi connectivity index (χ0n) is 10.9. The van der Waals surface area contributed by atoms with Gasteiger partial charge in [-0.1, -0.05) is 18.7 Å². The number of benzene rings is 1. The van der Waals surface area contributed by atoms with Gasteiger partial charge in [-0.25, -0.2) is 4.39 Å². The molecule has 0 radical (unpaired) electrons. The molecule has 3 nitrogen and oxygen atoms in total. The number of hydrogen-bond acceptors (Lipinski definition) is 3. The minimum Gasteiger partial charge on any atom is -0.493 e. The van der Waals surface area contributed by atoms with Crippen molar-refractivity contribution in [2.75, 3.05) is 12.9 Å². The molecule has 104 valence electrons. The number of amidine groups is 1. The van der Waals surface area contributed by atoms with Crippen molar-refractivity contribution in [2.45, 2.75) is 25.3 Å². The van der Waals surface area contributed by atoms with Gasteiger partial charge in [0.1, 0.15) is 11.6 Å². The smallest absolute Gasteiger partial charge is 0.154 e. The Bertz CT molecular complexity index is 524. The van der Waals surface area contributed by atoms with Gasteiger partial charge in [-0.15, -0.1) is 0 Å². The second kappa shape index (κ2) is 5.71. The molecule has 19 heavy (non-hydrogen) atoms. The van der Waals surface area contributed by atoms with E-state index in [0.29, 0.717) is 22.0 Å². The maximum absolute atomic E-state index is 13.6. The molecule has 1 aromatic carbocycles. The first kappa shape index (κ1) is 14.7. The fourth-order valence-electron chi connectivity index (χ4n) is 2.30. The lowest BCUT2D eigenvalue weighted by Crippen LogP contribution is -2.32. The zero-order chi connectivity index (χ0) is 14.0. The summed E-state index contributed by atoms with van der Waals surface area (Å²) in [4.78, 5) is 4.65. The fourth-order valence-corrected chi connectivity index (χ4v) is 2.90. The molecule has 0 bridgehead atoms. The molecule has 0 aliphatic carbocycles. The van der Waals surface area contributed by atoms with Gasteiger partial charge < -0.3 is 10.5 Å². The molecule has 0 amide bonds. The minimum atomic E-state index is -0.420. The average Bonchev–Trinajstić information content (AvgIpc) is 2.41. The number of rotatable bonds is 2. The number of hydrogen-bond donors (Lipinski definition) is 1. The Kier molecular flexibility index (Phi) is 4.40. The molecule has 1 aliphatic heterocycles. The normalized spacial score (nSPS) is 22.8. The lowest BCUT2D eigenvalue weighted by atomic mass is 9.83. The topological polar surface area (TPSA) is 47.6 Å². The number of aliphatic imine (C=N–C) groups is 1. The summed E-state index contributed by atoms with van der Waals surface area (Å²) in [5, 5.41) is 0.537. The van der Waals surface area contributed by atoms with E-state index in [9.17, 15) is 4.39 Å². The van der Waals surface area contributed by atoms with Crippen LogP contribution >= 0.6 is 27.7 Å². The molecule has 1 atom stereocenters. The van der Waals surface area contributed by atoms with Crippen LogP contribution in [0.1, 0.15) is 25.3 Å². The third kappa shape index (κ3) is 2.74. The highest BCUT2D eigenvalue weighted by molar-refractivity contribution is 9.10. The number of nitrogens with zero attached hydrogens (tertiary/aromatic N) is 1. The quantitative estimate of drug-likeness (QED) is 0.656.